The normalized spacial score (nSPS) is 11.0. The van der Waals surface area contributed by atoms with Gasteiger partial charge in [-0.2, -0.15) is 0 Å². The molecule has 28 heavy (non-hydrogen) atoms. The molecule has 0 aliphatic heterocycles. The number of hydrogen-bond acceptors (Lipinski definition) is 3. The van der Waals surface area contributed by atoms with E-state index in [0.29, 0.717) is 6.61 Å². The predicted octanol–water partition coefficient (Wildman–Crippen LogP) is 7.53. The number of methoxy groups -OCH3 is 1. The largest absolute Gasteiger partial charge is 0.494 e. The van der Waals surface area contributed by atoms with Crippen LogP contribution in [0, 0.1) is 0 Å². The molecule has 4 heteroatoms. The summed E-state index contributed by atoms with van der Waals surface area (Å²) in [5.41, 5.74) is 0. The Labute approximate surface area is 178 Å². The minimum atomic E-state index is 0.717. The Bertz CT molecular complexity index is 687. The molecule has 2 aromatic rings. The van der Waals surface area contributed by atoms with Crippen LogP contribution in [0.4, 0.5) is 0 Å². The maximum Gasteiger partial charge on any atom is 0.168 e. The van der Waals surface area contributed by atoms with E-state index in [4.69, 9.17) is 14.2 Å². The van der Waals surface area contributed by atoms with Crippen LogP contribution < -0.4 is 14.2 Å². The SMILES string of the molecule is CCCCCCCCOc1ccc2c(OC)c(OCCCCCBr)ccc2c1. The smallest absolute Gasteiger partial charge is 0.168 e. The van der Waals surface area contributed by atoms with Gasteiger partial charge in [0.05, 0.1) is 20.3 Å². The molecule has 0 saturated heterocycles. The molecular weight excluding hydrogens is 416 g/mol. The molecule has 0 aliphatic carbocycles. The highest BCUT2D eigenvalue weighted by atomic mass is 79.9. The first kappa shape index (κ1) is 22.9. The Hall–Kier alpha value is -1.42. The molecule has 0 N–H and O–H groups in total. The number of rotatable bonds is 15. The number of halogens is 1. The van der Waals surface area contributed by atoms with Gasteiger partial charge in [0.2, 0.25) is 0 Å². The van der Waals surface area contributed by atoms with E-state index in [-0.39, 0.29) is 0 Å². The summed E-state index contributed by atoms with van der Waals surface area (Å²) >= 11 is 3.46. The lowest BCUT2D eigenvalue weighted by Gasteiger charge is -2.14. The second-order valence-corrected chi connectivity index (χ2v) is 7.99. The van der Waals surface area contributed by atoms with Crippen molar-refractivity contribution in [2.24, 2.45) is 0 Å². The summed E-state index contributed by atoms with van der Waals surface area (Å²) in [6.07, 6.45) is 11.1. The Morgan fingerprint density at radius 1 is 0.786 bits per heavy atom. The van der Waals surface area contributed by atoms with E-state index < -0.39 is 0 Å². The molecule has 0 fully saturated rings. The highest BCUT2D eigenvalue weighted by Crippen LogP contribution is 2.37. The lowest BCUT2D eigenvalue weighted by Crippen LogP contribution is -2.00. The average molecular weight is 451 g/mol. The Morgan fingerprint density at radius 2 is 1.50 bits per heavy atom. The molecule has 0 bridgehead atoms. The van der Waals surface area contributed by atoms with Gasteiger partial charge in [-0.3, -0.25) is 0 Å². The van der Waals surface area contributed by atoms with Crippen LogP contribution in [0.3, 0.4) is 0 Å². The fourth-order valence-corrected chi connectivity index (χ4v) is 3.70. The number of benzene rings is 2. The van der Waals surface area contributed by atoms with E-state index >= 15 is 0 Å². The maximum atomic E-state index is 5.96. The predicted molar refractivity (Wildman–Crippen MR) is 123 cm³/mol. The number of hydrogen-bond donors (Lipinski definition) is 0. The third-order valence-electron chi connectivity index (χ3n) is 4.91. The van der Waals surface area contributed by atoms with Crippen molar-refractivity contribution in [3.05, 3.63) is 30.3 Å². The molecule has 0 saturated carbocycles. The van der Waals surface area contributed by atoms with E-state index in [9.17, 15) is 0 Å². The first-order valence-electron chi connectivity index (χ1n) is 10.7. The van der Waals surface area contributed by atoms with Gasteiger partial charge < -0.3 is 14.2 Å². The monoisotopic (exact) mass is 450 g/mol. The van der Waals surface area contributed by atoms with E-state index in [0.717, 1.165) is 52.8 Å². The Kier molecular flexibility index (Phi) is 11.2. The average Bonchev–Trinajstić information content (AvgIpc) is 2.72. The quantitative estimate of drug-likeness (QED) is 0.207. The maximum absolute atomic E-state index is 5.96. The molecule has 3 nitrogen and oxygen atoms in total. The number of fused-ring (bicyclic) bond motifs is 1. The fraction of sp³-hybridized carbons (Fsp3) is 0.583. The molecule has 0 unspecified atom stereocenters. The molecule has 0 aromatic heterocycles. The fourth-order valence-electron chi connectivity index (χ4n) is 3.30. The van der Waals surface area contributed by atoms with Crippen molar-refractivity contribution in [1.82, 2.24) is 0 Å². The first-order valence-corrected chi connectivity index (χ1v) is 11.8. The molecular formula is C24H35BrO3. The van der Waals surface area contributed by atoms with Crippen molar-refractivity contribution in [3.63, 3.8) is 0 Å². The summed E-state index contributed by atoms with van der Waals surface area (Å²) in [5, 5.41) is 3.23. The van der Waals surface area contributed by atoms with E-state index in [1.165, 1.54) is 44.9 Å². The first-order chi connectivity index (χ1) is 13.8. The van der Waals surface area contributed by atoms with Crippen molar-refractivity contribution in [2.45, 2.75) is 64.7 Å². The molecule has 0 atom stereocenters. The molecule has 0 amide bonds. The summed E-state index contributed by atoms with van der Waals surface area (Å²) in [5.74, 6) is 2.54. The summed E-state index contributed by atoms with van der Waals surface area (Å²) < 4.78 is 17.6. The van der Waals surface area contributed by atoms with Crippen LogP contribution in [-0.4, -0.2) is 25.7 Å². The Balaban J connectivity index is 1.90. The molecule has 2 aromatic carbocycles. The number of unbranched alkanes of at least 4 members (excludes halogenated alkanes) is 7. The van der Waals surface area contributed by atoms with Gasteiger partial charge in [-0.1, -0.05) is 61.0 Å². The van der Waals surface area contributed by atoms with Crippen molar-refractivity contribution in [3.8, 4) is 17.2 Å². The summed E-state index contributed by atoms with van der Waals surface area (Å²) in [6, 6.07) is 10.3. The molecule has 0 radical (unpaired) electrons. The van der Waals surface area contributed by atoms with Crippen LogP contribution in [0.25, 0.3) is 10.8 Å². The summed E-state index contributed by atoms with van der Waals surface area (Å²) in [4.78, 5) is 0. The summed E-state index contributed by atoms with van der Waals surface area (Å²) in [6.45, 7) is 3.75. The minimum Gasteiger partial charge on any atom is -0.494 e. The topological polar surface area (TPSA) is 27.7 Å². The zero-order valence-electron chi connectivity index (χ0n) is 17.5. The Morgan fingerprint density at radius 3 is 2.25 bits per heavy atom. The van der Waals surface area contributed by atoms with Gasteiger partial charge in [-0.05, 0) is 55.3 Å². The van der Waals surface area contributed by atoms with E-state index in [2.05, 4.69) is 41.1 Å². The van der Waals surface area contributed by atoms with Gasteiger partial charge in [0.15, 0.2) is 11.5 Å². The number of ether oxygens (including phenoxy) is 3. The van der Waals surface area contributed by atoms with Crippen LogP contribution in [0.2, 0.25) is 0 Å². The van der Waals surface area contributed by atoms with E-state index in [1.54, 1.807) is 7.11 Å². The second kappa shape index (κ2) is 13.7. The lowest BCUT2D eigenvalue weighted by molar-refractivity contribution is 0.287. The minimum absolute atomic E-state index is 0.717. The molecule has 0 aliphatic rings. The van der Waals surface area contributed by atoms with Crippen LogP contribution in [0.15, 0.2) is 30.3 Å². The second-order valence-electron chi connectivity index (χ2n) is 7.19. The van der Waals surface area contributed by atoms with Crippen molar-refractivity contribution < 1.29 is 14.2 Å². The van der Waals surface area contributed by atoms with Gasteiger partial charge in [0.1, 0.15) is 5.75 Å². The third-order valence-corrected chi connectivity index (χ3v) is 5.47. The zero-order chi connectivity index (χ0) is 20.0. The third kappa shape index (κ3) is 7.54. The van der Waals surface area contributed by atoms with Gasteiger partial charge in [-0.25, -0.2) is 0 Å². The van der Waals surface area contributed by atoms with Crippen molar-refractivity contribution in [1.29, 1.82) is 0 Å². The van der Waals surface area contributed by atoms with Gasteiger partial charge in [-0.15, -0.1) is 0 Å². The van der Waals surface area contributed by atoms with Crippen molar-refractivity contribution in [2.75, 3.05) is 25.7 Å². The molecule has 0 spiro atoms. The van der Waals surface area contributed by atoms with Crippen LogP contribution in [0.1, 0.15) is 64.7 Å². The highest BCUT2D eigenvalue weighted by Gasteiger charge is 2.10. The van der Waals surface area contributed by atoms with Gasteiger partial charge in [0, 0.05) is 10.7 Å². The van der Waals surface area contributed by atoms with Gasteiger partial charge in [0.25, 0.3) is 0 Å². The molecule has 0 heterocycles. The molecule has 2 rings (SSSR count). The van der Waals surface area contributed by atoms with E-state index in [1.807, 2.05) is 12.1 Å². The van der Waals surface area contributed by atoms with Crippen LogP contribution in [-0.2, 0) is 0 Å². The molecule has 156 valence electrons. The zero-order valence-corrected chi connectivity index (χ0v) is 19.1. The highest BCUT2D eigenvalue weighted by molar-refractivity contribution is 9.09. The van der Waals surface area contributed by atoms with Gasteiger partial charge >= 0.3 is 0 Å². The number of alkyl halides is 1. The standard InChI is InChI=1S/C24H35BrO3/c1-3-4-5-6-7-10-17-27-21-13-14-22-20(19-21)12-15-23(24(22)26-2)28-18-11-8-9-16-25/h12-15,19H,3-11,16-18H2,1-2H3. The lowest BCUT2D eigenvalue weighted by atomic mass is 10.1. The van der Waals surface area contributed by atoms with Crippen LogP contribution in [0.5, 0.6) is 17.2 Å². The summed E-state index contributed by atoms with van der Waals surface area (Å²) in [7, 11) is 1.70. The van der Waals surface area contributed by atoms with Crippen molar-refractivity contribution >= 4 is 26.7 Å². The van der Waals surface area contributed by atoms with Crippen LogP contribution >= 0.6 is 15.9 Å².